The van der Waals surface area contributed by atoms with Crippen molar-refractivity contribution in [3.05, 3.63) is 113 Å². The molecule has 1 aromatic heterocycles. The molecule has 1 N–H and O–H groups in total. The van der Waals surface area contributed by atoms with Crippen molar-refractivity contribution in [1.82, 2.24) is 9.47 Å². The minimum Gasteiger partial charge on any atom is -0.341 e. The van der Waals surface area contributed by atoms with Crippen LogP contribution in [0.2, 0.25) is 0 Å². The number of hydrogen-bond acceptors (Lipinski definition) is 2. The largest absolute Gasteiger partial charge is 0.341 e. The molecule has 4 aromatic carbocycles. The van der Waals surface area contributed by atoms with Crippen molar-refractivity contribution in [3.63, 3.8) is 0 Å². The molecule has 37 heavy (non-hydrogen) atoms. The van der Waals surface area contributed by atoms with Crippen LogP contribution in [0.1, 0.15) is 45.9 Å². The number of para-hydroxylation sites is 1. The predicted molar refractivity (Wildman–Crippen MR) is 147 cm³/mol. The van der Waals surface area contributed by atoms with Crippen molar-refractivity contribution in [2.45, 2.75) is 31.8 Å². The van der Waals surface area contributed by atoms with E-state index < -0.39 is 5.92 Å². The summed E-state index contributed by atoms with van der Waals surface area (Å²) >= 11 is 0. The highest BCUT2D eigenvalue weighted by Gasteiger charge is 2.46. The first-order valence-corrected chi connectivity index (χ1v) is 12.9. The lowest BCUT2D eigenvalue weighted by Crippen LogP contribution is -2.49. The molecule has 0 aliphatic carbocycles. The zero-order valence-electron chi connectivity index (χ0n) is 20.6. The fourth-order valence-corrected chi connectivity index (χ4v) is 6.45. The highest BCUT2D eigenvalue weighted by molar-refractivity contribution is 6.10. The van der Waals surface area contributed by atoms with Crippen LogP contribution >= 0.6 is 0 Å². The molecule has 0 unspecified atom stereocenters. The Bertz CT molecular complexity index is 1720. The molecule has 5 nitrogen and oxygen atoms in total. The number of carbonyl (C=O) groups is 2. The van der Waals surface area contributed by atoms with E-state index in [9.17, 15) is 9.59 Å². The third-order valence-electron chi connectivity index (χ3n) is 8.07. The average Bonchev–Trinajstić information content (AvgIpc) is 3.26. The van der Waals surface area contributed by atoms with Crippen LogP contribution in [-0.4, -0.2) is 27.8 Å². The lowest BCUT2D eigenvalue weighted by Gasteiger charge is -2.45. The number of anilines is 1. The van der Waals surface area contributed by atoms with Gasteiger partial charge in [0.05, 0.1) is 12.0 Å². The fourth-order valence-electron chi connectivity index (χ4n) is 6.45. The summed E-state index contributed by atoms with van der Waals surface area (Å²) in [5.41, 5.74) is 6.81. The summed E-state index contributed by atoms with van der Waals surface area (Å²) in [5, 5.41) is 5.53. The van der Waals surface area contributed by atoms with Crippen molar-refractivity contribution in [1.29, 1.82) is 0 Å². The molecule has 2 amide bonds. The van der Waals surface area contributed by atoms with E-state index in [1.165, 1.54) is 16.5 Å². The number of nitrogens with zero attached hydrogens (tertiary/aromatic N) is 2. The van der Waals surface area contributed by atoms with Crippen LogP contribution in [0.4, 0.5) is 5.69 Å². The number of hydrogen-bond donors (Lipinski definition) is 1. The topological polar surface area (TPSA) is 54.3 Å². The molecule has 0 fully saturated rings. The molecule has 2 aliphatic heterocycles. The quantitative estimate of drug-likeness (QED) is 0.327. The number of nitrogens with one attached hydrogen (secondary N) is 1. The van der Waals surface area contributed by atoms with Crippen LogP contribution in [0.5, 0.6) is 0 Å². The minimum atomic E-state index is -0.497. The van der Waals surface area contributed by atoms with E-state index >= 15 is 0 Å². The molecule has 0 saturated carbocycles. The van der Waals surface area contributed by atoms with E-state index in [0.717, 1.165) is 40.7 Å². The molecule has 0 radical (unpaired) electrons. The van der Waals surface area contributed by atoms with E-state index in [1.807, 2.05) is 47.4 Å². The normalized spacial score (nSPS) is 18.4. The number of rotatable bonds is 3. The number of aryl methyl sites for hydroxylation is 1. The Morgan fingerprint density at radius 1 is 0.865 bits per heavy atom. The Hall–Kier alpha value is -4.38. The Labute approximate surface area is 215 Å². The second-order valence-electron chi connectivity index (χ2n) is 9.94. The first-order valence-electron chi connectivity index (χ1n) is 12.9. The van der Waals surface area contributed by atoms with Gasteiger partial charge in [-0.2, -0.15) is 0 Å². The van der Waals surface area contributed by atoms with E-state index in [4.69, 9.17) is 0 Å². The van der Waals surface area contributed by atoms with Crippen LogP contribution in [0, 0.1) is 0 Å². The van der Waals surface area contributed by atoms with Gasteiger partial charge in [0.2, 0.25) is 5.91 Å². The van der Waals surface area contributed by atoms with Gasteiger partial charge in [0.1, 0.15) is 0 Å². The molecule has 7 rings (SSSR count). The van der Waals surface area contributed by atoms with E-state index in [0.29, 0.717) is 12.1 Å². The van der Waals surface area contributed by atoms with Crippen molar-refractivity contribution in [2.75, 3.05) is 11.9 Å². The molecule has 0 bridgehead atoms. The standard InChI is InChI=1S/C32H27N3O2/c1-2-34-27-14-8-7-11-23(27)26-19-21(15-16-28(26)34)33-31(36)29-24-12-5-6-13-25(24)32(37)35-18-17-20-9-3-4-10-22(20)30(29)35/h3-16,19,29-30H,2,17-18H2,1H3,(H,33,36)/t29-,30-/m1/s1. The van der Waals surface area contributed by atoms with E-state index in [1.54, 1.807) is 0 Å². The second-order valence-corrected chi connectivity index (χ2v) is 9.94. The Balaban J connectivity index is 1.33. The van der Waals surface area contributed by atoms with Crippen LogP contribution in [0.15, 0.2) is 91.0 Å². The number of amides is 2. The summed E-state index contributed by atoms with van der Waals surface area (Å²) in [5.74, 6) is -0.582. The zero-order valence-corrected chi connectivity index (χ0v) is 20.6. The van der Waals surface area contributed by atoms with E-state index in [2.05, 4.69) is 65.3 Å². The first kappa shape index (κ1) is 21.9. The molecule has 0 saturated heterocycles. The highest BCUT2D eigenvalue weighted by atomic mass is 16.2. The smallest absolute Gasteiger partial charge is 0.254 e. The van der Waals surface area contributed by atoms with Gasteiger partial charge in [-0.15, -0.1) is 0 Å². The third-order valence-corrected chi connectivity index (χ3v) is 8.07. The molecule has 2 atom stereocenters. The summed E-state index contributed by atoms with van der Waals surface area (Å²) in [6.07, 6.45) is 0.799. The summed E-state index contributed by atoms with van der Waals surface area (Å²) in [6.45, 7) is 3.64. The Morgan fingerprint density at radius 3 is 2.46 bits per heavy atom. The van der Waals surface area contributed by atoms with E-state index in [-0.39, 0.29) is 17.9 Å². The molecule has 5 aromatic rings. The van der Waals surface area contributed by atoms with Gasteiger partial charge >= 0.3 is 0 Å². The lowest BCUT2D eigenvalue weighted by molar-refractivity contribution is -0.119. The maximum Gasteiger partial charge on any atom is 0.254 e. The summed E-state index contributed by atoms with van der Waals surface area (Å²) < 4.78 is 2.30. The molecule has 5 heteroatoms. The van der Waals surface area contributed by atoms with Crippen molar-refractivity contribution < 1.29 is 9.59 Å². The highest BCUT2D eigenvalue weighted by Crippen LogP contribution is 2.46. The Kier molecular flexibility index (Phi) is 4.93. The second kappa shape index (κ2) is 8.34. The number of carbonyl (C=O) groups excluding carboxylic acids is 2. The summed E-state index contributed by atoms with van der Waals surface area (Å²) in [6, 6.07) is 30.0. The van der Waals surface area contributed by atoms with Gasteiger partial charge in [-0.05, 0) is 60.4 Å². The van der Waals surface area contributed by atoms with Crippen molar-refractivity contribution in [3.8, 4) is 0 Å². The minimum absolute atomic E-state index is 0.00736. The SMILES string of the molecule is CCn1c2ccccc2c2cc(NC(=O)[C@@H]3c4ccccc4C(=O)N4CCc5ccccc5[C@H]34)ccc21. The average molecular weight is 486 g/mol. The monoisotopic (exact) mass is 485 g/mol. The molecule has 0 spiro atoms. The zero-order chi connectivity index (χ0) is 25.1. The van der Waals surface area contributed by atoms with Gasteiger partial charge in [0, 0.05) is 46.1 Å². The van der Waals surface area contributed by atoms with Gasteiger partial charge < -0.3 is 14.8 Å². The molecule has 2 aliphatic rings. The van der Waals surface area contributed by atoms with Gasteiger partial charge in [-0.1, -0.05) is 60.7 Å². The van der Waals surface area contributed by atoms with Gasteiger partial charge in [0.25, 0.3) is 5.91 Å². The maximum absolute atomic E-state index is 14.1. The molecule has 182 valence electrons. The van der Waals surface area contributed by atoms with Crippen LogP contribution in [-0.2, 0) is 17.8 Å². The van der Waals surface area contributed by atoms with Gasteiger partial charge in [-0.3, -0.25) is 9.59 Å². The number of aromatic nitrogens is 1. The first-order chi connectivity index (χ1) is 18.2. The molecular formula is C32H27N3O2. The van der Waals surface area contributed by atoms with Crippen LogP contribution < -0.4 is 5.32 Å². The van der Waals surface area contributed by atoms with Gasteiger partial charge in [0.15, 0.2) is 0 Å². The van der Waals surface area contributed by atoms with Crippen molar-refractivity contribution in [2.24, 2.45) is 0 Å². The van der Waals surface area contributed by atoms with Crippen molar-refractivity contribution >= 4 is 39.3 Å². The maximum atomic E-state index is 14.1. The van der Waals surface area contributed by atoms with Gasteiger partial charge in [-0.25, -0.2) is 0 Å². The fraction of sp³-hybridized carbons (Fsp3) is 0.188. The number of fused-ring (bicyclic) bond motifs is 7. The predicted octanol–water partition coefficient (Wildman–Crippen LogP) is 6.29. The summed E-state index contributed by atoms with van der Waals surface area (Å²) in [4.78, 5) is 29.5. The number of benzene rings is 4. The third kappa shape index (κ3) is 3.23. The molecular weight excluding hydrogens is 458 g/mol. The Morgan fingerprint density at radius 2 is 1.59 bits per heavy atom. The molecule has 3 heterocycles. The lowest BCUT2D eigenvalue weighted by atomic mass is 9.76. The van der Waals surface area contributed by atoms with Crippen LogP contribution in [0.25, 0.3) is 21.8 Å². The summed E-state index contributed by atoms with van der Waals surface area (Å²) in [7, 11) is 0. The van der Waals surface area contributed by atoms with Crippen LogP contribution in [0.3, 0.4) is 0 Å².